The minimum absolute atomic E-state index is 0.167. The van der Waals surface area contributed by atoms with Crippen molar-refractivity contribution in [3.05, 3.63) is 40.7 Å². The van der Waals surface area contributed by atoms with E-state index in [1.807, 2.05) is 0 Å². The van der Waals surface area contributed by atoms with Crippen LogP contribution in [-0.2, 0) is 27.9 Å². The fraction of sp³-hybridized carbons (Fsp3) is 0.429. The number of hydrogen-bond donors (Lipinski definition) is 1. The van der Waals surface area contributed by atoms with Crippen LogP contribution in [0.4, 0.5) is 4.39 Å². The van der Waals surface area contributed by atoms with Gasteiger partial charge in [-0.1, -0.05) is 17.7 Å². The molecular weight excluding hydrogens is 359 g/mol. The maximum absolute atomic E-state index is 13.9. The summed E-state index contributed by atoms with van der Waals surface area (Å²) >= 11 is 5.87. The number of ether oxygens (including phenoxy) is 1. The average Bonchev–Trinajstić information content (AvgIpc) is 2.90. The van der Waals surface area contributed by atoms with Crippen LogP contribution in [-0.4, -0.2) is 30.3 Å². The monoisotopic (exact) mass is 374 g/mol. The highest BCUT2D eigenvalue weighted by Crippen LogP contribution is 2.29. The van der Waals surface area contributed by atoms with Gasteiger partial charge in [0.15, 0.2) is 5.82 Å². The van der Waals surface area contributed by atoms with E-state index in [1.54, 1.807) is 4.68 Å². The molecule has 1 N–H and O–H groups in total. The number of aromatic nitrogens is 3. The molecule has 1 aliphatic rings. The number of methoxy groups -OCH3 is 1. The van der Waals surface area contributed by atoms with Crippen LogP contribution in [0.5, 0.6) is 0 Å². The molecule has 2 aromatic rings. The lowest BCUT2D eigenvalue weighted by molar-refractivity contribution is 0.177. The summed E-state index contributed by atoms with van der Waals surface area (Å²) in [4.78, 5) is 3.76. The largest absolute Gasteiger partial charge is 0.377 e. The highest BCUT2D eigenvalue weighted by atomic mass is 35.5. The molecule has 0 saturated carbocycles. The number of hydrogen-bond acceptors (Lipinski definition) is 5. The van der Waals surface area contributed by atoms with Gasteiger partial charge in [-0.25, -0.2) is 27.2 Å². The lowest BCUT2D eigenvalue weighted by atomic mass is 10.1. The minimum Gasteiger partial charge on any atom is -0.377 e. The molecule has 0 aliphatic carbocycles. The second-order valence-corrected chi connectivity index (χ2v) is 7.47. The molecule has 2 heterocycles. The molecule has 1 aliphatic heterocycles. The molecule has 1 atom stereocenters. The number of aryl methyl sites for hydroxylation is 1. The summed E-state index contributed by atoms with van der Waals surface area (Å²) in [6.07, 6.45) is 1.26. The Morgan fingerprint density at radius 1 is 1.50 bits per heavy atom. The second kappa shape index (κ2) is 6.75. The molecule has 0 bridgehead atoms. The van der Waals surface area contributed by atoms with Crippen LogP contribution >= 0.6 is 11.6 Å². The first-order valence-corrected chi connectivity index (χ1v) is 9.17. The van der Waals surface area contributed by atoms with Gasteiger partial charge in [-0.3, -0.25) is 0 Å². The normalized spacial score (nSPS) is 17.7. The molecule has 0 saturated heterocycles. The van der Waals surface area contributed by atoms with Crippen molar-refractivity contribution in [1.82, 2.24) is 19.5 Å². The number of fused-ring (bicyclic) bond motifs is 1. The van der Waals surface area contributed by atoms with E-state index in [-0.39, 0.29) is 11.6 Å². The fourth-order valence-electron chi connectivity index (χ4n) is 2.69. The van der Waals surface area contributed by atoms with Crippen molar-refractivity contribution in [1.29, 1.82) is 0 Å². The summed E-state index contributed by atoms with van der Waals surface area (Å²) in [6.45, 7) is 0.878. The standard InChI is InChI=1S/C14H16ClFN4O3S/c1-23-8-12-17-14-11(6-3-7-20(14)18-12)19-24(21,22)13-9(15)4-2-5-10(13)16/h2,4-5,11,19H,3,6-8H2,1H3/t11-/m1/s1. The van der Waals surface area contributed by atoms with Crippen molar-refractivity contribution in [2.45, 2.75) is 36.9 Å². The Kier molecular flexibility index (Phi) is 4.86. The molecule has 0 amide bonds. The van der Waals surface area contributed by atoms with Crippen molar-refractivity contribution < 1.29 is 17.5 Å². The first-order chi connectivity index (χ1) is 11.4. The van der Waals surface area contributed by atoms with E-state index in [4.69, 9.17) is 16.3 Å². The Balaban J connectivity index is 1.92. The van der Waals surface area contributed by atoms with E-state index >= 15 is 0 Å². The number of halogens is 2. The third-order valence-electron chi connectivity index (χ3n) is 3.68. The van der Waals surface area contributed by atoms with Gasteiger partial charge >= 0.3 is 0 Å². The van der Waals surface area contributed by atoms with E-state index in [2.05, 4.69) is 14.8 Å². The fourth-order valence-corrected chi connectivity index (χ4v) is 4.52. The SMILES string of the molecule is COCc1nc2n(n1)CCC[C@H]2NS(=O)(=O)c1c(F)cccc1Cl. The third kappa shape index (κ3) is 3.30. The van der Waals surface area contributed by atoms with E-state index in [0.717, 1.165) is 12.5 Å². The lowest BCUT2D eigenvalue weighted by Crippen LogP contribution is -2.33. The molecule has 1 aromatic heterocycles. The Labute approximate surface area is 143 Å². The molecule has 3 rings (SSSR count). The molecule has 10 heteroatoms. The summed E-state index contributed by atoms with van der Waals surface area (Å²) < 4.78 is 48.2. The second-order valence-electron chi connectivity index (χ2n) is 5.41. The third-order valence-corrected chi connectivity index (χ3v) is 5.65. The van der Waals surface area contributed by atoms with Gasteiger partial charge in [0.25, 0.3) is 0 Å². The Morgan fingerprint density at radius 3 is 3.00 bits per heavy atom. The zero-order valence-corrected chi connectivity index (χ0v) is 14.4. The lowest BCUT2D eigenvalue weighted by Gasteiger charge is -2.23. The van der Waals surface area contributed by atoms with Crippen molar-refractivity contribution in [2.75, 3.05) is 7.11 Å². The zero-order chi connectivity index (χ0) is 17.3. The van der Waals surface area contributed by atoms with Gasteiger partial charge in [-0.05, 0) is 25.0 Å². The topological polar surface area (TPSA) is 86.1 Å². The number of benzene rings is 1. The van der Waals surface area contributed by atoms with Crippen LogP contribution in [0.1, 0.15) is 30.5 Å². The molecule has 24 heavy (non-hydrogen) atoms. The van der Waals surface area contributed by atoms with E-state index in [9.17, 15) is 12.8 Å². The summed E-state index contributed by atoms with van der Waals surface area (Å²) in [5.41, 5.74) is 0. The Morgan fingerprint density at radius 2 is 2.29 bits per heavy atom. The van der Waals surface area contributed by atoms with Crippen LogP contribution in [0.2, 0.25) is 5.02 Å². The maximum Gasteiger partial charge on any atom is 0.245 e. The van der Waals surface area contributed by atoms with Crippen LogP contribution in [0.25, 0.3) is 0 Å². The van der Waals surface area contributed by atoms with Gasteiger partial charge in [-0.15, -0.1) is 0 Å². The molecule has 0 radical (unpaired) electrons. The highest BCUT2D eigenvalue weighted by Gasteiger charge is 2.31. The summed E-state index contributed by atoms with van der Waals surface area (Å²) in [7, 11) is -2.61. The molecule has 0 spiro atoms. The van der Waals surface area contributed by atoms with Crippen LogP contribution in [0.15, 0.2) is 23.1 Å². The van der Waals surface area contributed by atoms with Gasteiger partial charge in [0.2, 0.25) is 10.0 Å². The van der Waals surface area contributed by atoms with Gasteiger partial charge < -0.3 is 4.74 Å². The van der Waals surface area contributed by atoms with Crippen molar-refractivity contribution in [2.24, 2.45) is 0 Å². The van der Waals surface area contributed by atoms with Gasteiger partial charge in [0.05, 0.1) is 11.1 Å². The molecule has 7 nitrogen and oxygen atoms in total. The van der Waals surface area contributed by atoms with Gasteiger partial charge in [-0.2, -0.15) is 5.10 Å². The van der Waals surface area contributed by atoms with Crippen LogP contribution < -0.4 is 4.72 Å². The van der Waals surface area contributed by atoms with Crippen molar-refractivity contribution in [3.8, 4) is 0 Å². The first kappa shape index (κ1) is 17.3. The number of rotatable bonds is 5. The van der Waals surface area contributed by atoms with Crippen molar-refractivity contribution >= 4 is 21.6 Å². The number of nitrogens with one attached hydrogen (secondary N) is 1. The Hall–Kier alpha value is -1.55. The summed E-state index contributed by atoms with van der Waals surface area (Å²) in [5.74, 6) is 0.0687. The summed E-state index contributed by atoms with van der Waals surface area (Å²) in [5, 5.41) is 4.11. The Bertz CT molecular complexity index is 835. The smallest absolute Gasteiger partial charge is 0.245 e. The highest BCUT2D eigenvalue weighted by molar-refractivity contribution is 7.89. The van der Waals surface area contributed by atoms with Crippen molar-refractivity contribution in [3.63, 3.8) is 0 Å². The summed E-state index contributed by atoms with van der Waals surface area (Å²) in [6, 6.07) is 3.14. The molecule has 0 unspecified atom stereocenters. The molecular formula is C14H16ClFN4O3S. The van der Waals surface area contributed by atoms with Crippen LogP contribution in [0, 0.1) is 5.82 Å². The predicted octanol–water partition coefficient (Wildman–Crippen LogP) is 2.03. The van der Waals surface area contributed by atoms with E-state index in [0.29, 0.717) is 24.6 Å². The number of nitrogens with zero attached hydrogens (tertiary/aromatic N) is 3. The van der Waals surface area contributed by atoms with Gasteiger partial charge in [0.1, 0.15) is 23.1 Å². The average molecular weight is 375 g/mol. The minimum atomic E-state index is -4.14. The maximum atomic E-state index is 13.9. The number of sulfonamides is 1. The molecule has 0 fully saturated rings. The predicted molar refractivity (Wildman–Crippen MR) is 84.4 cm³/mol. The zero-order valence-electron chi connectivity index (χ0n) is 12.9. The molecule has 1 aromatic carbocycles. The van der Waals surface area contributed by atoms with E-state index in [1.165, 1.54) is 19.2 Å². The quantitative estimate of drug-likeness (QED) is 0.865. The van der Waals surface area contributed by atoms with Crippen LogP contribution in [0.3, 0.4) is 0 Å². The molecule has 130 valence electrons. The van der Waals surface area contributed by atoms with E-state index < -0.39 is 26.8 Å². The first-order valence-electron chi connectivity index (χ1n) is 7.31. The van der Waals surface area contributed by atoms with Gasteiger partial charge in [0, 0.05) is 13.7 Å².